The minimum atomic E-state index is -1.10. The highest BCUT2D eigenvalue weighted by atomic mass is 16.4. The molecule has 0 aliphatic carbocycles. The van der Waals surface area contributed by atoms with Crippen molar-refractivity contribution >= 4 is 11.9 Å². The van der Waals surface area contributed by atoms with Gasteiger partial charge in [-0.15, -0.1) is 0 Å². The van der Waals surface area contributed by atoms with Gasteiger partial charge in [-0.05, 0) is 52.4 Å². The van der Waals surface area contributed by atoms with E-state index in [4.69, 9.17) is 5.11 Å². The number of rotatable bonds is 8. The van der Waals surface area contributed by atoms with Crippen molar-refractivity contribution in [3.05, 3.63) is 29.6 Å². The van der Waals surface area contributed by atoms with Crippen molar-refractivity contribution in [3.63, 3.8) is 0 Å². The van der Waals surface area contributed by atoms with E-state index in [9.17, 15) is 9.59 Å². The second kappa shape index (κ2) is 8.36. The Balaban J connectivity index is 2.29. The van der Waals surface area contributed by atoms with E-state index in [2.05, 4.69) is 36.1 Å². The number of nitrogens with one attached hydrogen (secondary N) is 1. The zero-order chi connectivity index (χ0) is 15.8. The Morgan fingerprint density at radius 3 is 2.57 bits per heavy atom. The molecule has 0 atom stereocenters. The number of aromatic carboxylic acids is 1. The molecule has 1 aromatic rings. The lowest BCUT2D eigenvalue weighted by Gasteiger charge is -2.20. The summed E-state index contributed by atoms with van der Waals surface area (Å²) in [6, 6.07) is 3.33. The van der Waals surface area contributed by atoms with Crippen molar-refractivity contribution in [2.75, 3.05) is 20.1 Å². The molecule has 1 rings (SSSR count). The summed E-state index contributed by atoms with van der Waals surface area (Å²) in [6.07, 6.45) is 3.21. The molecule has 6 heteroatoms. The molecule has 0 spiro atoms. The van der Waals surface area contributed by atoms with Gasteiger partial charge in [0.05, 0.1) is 5.56 Å². The number of carboxylic acids is 1. The van der Waals surface area contributed by atoms with Gasteiger partial charge in [-0.2, -0.15) is 0 Å². The van der Waals surface area contributed by atoms with Crippen molar-refractivity contribution in [3.8, 4) is 0 Å². The molecule has 0 fully saturated rings. The highest BCUT2D eigenvalue weighted by molar-refractivity contribution is 5.94. The average Bonchev–Trinajstić information content (AvgIpc) is 2.46. The first-order valence-corrected chi connectivity index (χ1v) is 7.09. The van der Waals surface area contributed by atoms with Crippen LogP contribution in [0, 0.1) is 0 Å². The zero-order valence-corrected chi connectivity index (χ0v) is 12.8. The fourth-order valence-corrected chi connectivity index (χ4v) is 1.70. The van der Waals surface area contributed by atoms with Crippen molar-refractivity contribution in [2.45, 2.75) is 32.7 Å². The SMILES string of the molecule is CC(C)N(C)CCCCNC(=O)c1ccc(C(=O)O)nc1. The second-order valence-corrected chi connectivity index (χ2v) is 5.27. The second-order valence-electron chi connectivity index (χ2n) is 5.27. The third kappa shape index (κ3) is 5.91. The number of nitrogens with zero attached hydrogens (tertiary/aromatic N) is 2. The minimum absolute atomic E-state index is 0.0664. The largest absolute Gasteiger partial charge is 0.477 e. The van der Waals surface area contributed by atoms with Gasteiger partial charge in [-0.25, -0.2) is 9.78 Å². The van der Waals surface area contributed by atoms with E-state index >= 15 is 0 Å². The summed E-state index contributed by atoms with van der Waals surface area (Å²) >= 11 is 0. The maximum atomic E-state index is 11.8. The Morgan fingerprint density at radius 2 is 2.05 bits per heavy atom. The summed E-state index contributed by atoms with van der Waals surface area (Å²) in [6.45, 7) is 5.90. The van der Waals surface area contributed by atoms with Crippen molar-refractivity contribution in [1.29, 1.82) is 0 Å². The quantitative estimate of drug-likeness (QED) is 0.712. The molecule has 1 aromatic heterocycles. The van der Waals surface area contributed by atoms with Gasteiger partial charge in [-0.3, -0.25) is 4.79 Å². The maximum absolute atomic E-state index is 11.8. The van der Waals surface area contributed by atoms with Gasteiger partial charge in [0.2, 0.25) is 0 Å². The van der Waals surface area contributed by atoms with Crippen LogP contribution < -0.4 is 5.32 Å². The fraction of sp³-hybridized carbons (Fsp3) is 0.533. The van der Waals surface area contributed by atoms with Crippen molar-refractivity contribution < 1.29 is 14.7 Å². The van der Waals surface area contributed by atoms with Crippen LogP contribution in [0.4, 0.5) is 0 Å². The standard InChI is InChI=1S/C15H23N3O3/c1-11(2)18(3)9-5-4-8-16-14(19)12-6-7-13(15(20)21)17-10-12/h6-7,10-11H,4-5,8-9H2,1-3H3,(H,16,19)(H,20,21). The van der Waals surface area contributed by atoms with Gasteiger partial charge in [0, 0.05) is 18.8 Å². The topological polar surface area (TPSA) is 82.5 Å². The molecule has 0 saturated heterocycles. The van der Waals surface area contributed by atoms with Gasteiger partial charge in [0.25, 0.3) is 5.91 Å². The first kappa shape index (κ1) is 17.1. The maximum Gasteiger partial charge on any atom is 0.354 e. The summed E-state index contributed by atoms with van der Waals surface area (Å²) in [5, 5.41) is 11.5. The summed E-state index contributed by atoms with van der Waals surface area (Å²) in [5.74, 6) is -1.33. The van der Waals surface area contributed by atoms with Crippen molar-refractivity contribution in [2.24, 2.45) is 0 Å². The number of hydrogen-bond acceptors (Lipinski definition) is 4. The van der Waals surface area contributed by atoms with Gasteiger partial charge in [-0.1, -0.05) is 0 Å². The van der Waals surface area contributed by atoms with Crippen LogP contribution in [0.15, 0.2) is 18.3 Å². The van der Waals surface area contributed by atoms with E-state index in [0.29, 0.717) is 18.2 Å². The Hall–Kier alpha value is -1.95. The van der Waals surface area contributed by atoms with Gasteiger partial charge < -0.3 is 15.3 Å². The smallest absolute Gasteiger partial charge is 0.354 e. The molecule has 1 heterocycles. The number of aromatic nitrogens is 1. The van der Waals surface area contributed by atoms with E-state index in [-0.39, 0.29) is 11.6 Å². The Kier molecular flexibility index (Phi) is 6.81. The lowest BCUT2D eigenvalue weighted by Crippen LogP contribution is -2.29. The zero-order valence-electron chi connectivity index (χ0n) is 12.8. The fourth-order valence-electron chi connectivity index (χ4n) is 1.70. The summed E-state index contributed by atoms with van der Waals surface area (Å²) in [5.41, 5.74) is 0.308. The number of carbonyl (C=O) groups is 2. The highest BCUT2D eigenvalue weighted by Crippen LogP contribution is 2.01. The van der Waals surface area contributed by atoms with Crippen LogP contribution in [0.5, 0.6) is 0 Å². The predicted molar refractivity (Wildman–Crippen MR) is 80.5 cm³/mol. The Labute approximate surface area is 125 Å². The van der Waals surface area contributed by atoms with E-state index < -0.39 is 5.97 Å². The van der Waals surface area contributed by atoms with E-state index in [1.807, 2.05) is 0 Å². The van der Waals surface area contributed by atoms with E-state index in [1.54, 1.807) is 0 Å². The predicted octanol–water partition coefficient (Wildman–Crippen LogP) is 1.63. The Bertz CT molecular complexity index is 472. The van der Waals surface area contributed by atoms with Crippen LogP contribution in [0.1, 0.15) is 47.5 Å². The number of amides is 1. The van der Waals surface area contributed by atoms with Crippen LogP contribution >= 0.6 is 0 Å². The summed E-state index contributed by atoms with van der Waals surface area (Å²) in [4.78, 5) is 28.5. The van der Waals surface area contributed by atoms with E-state index in [1.165, 1.54) is 18.3 Å². The van der Waals surface area contributed by atoms with Gasteiger partial charge >= 0.3 is 5.97 Å². The molecule has 0 saturated carbocycles. The third-order valence-corrected chi connectivity index (χ3v) is 3.35. The Morgan fingerprint density at radius 1 is 1.33 bits per heavy atom. The molecule has 0 radical (unpaired) electrons. The molecular weight excluding hydrogens is 270 g/mol. The van der Waals surface area contributed by atoms with Crippen molar-refractivity contribution in [1.82, 2.24) is 15.2 Å². The molecule has 1 amide bonds. The molecular formula is C15H23N3O3. The molecule has 116 valence electrons. The first-order chi connectivity index (χ1) is 9.91. The van der Waals surface area contributed by atoms with E-state index in [0.717, 1.165) is 19.4 Å². The summed E-state index contributed by atoms with van der Waals surface area (Å²) in [7, 11) is 2.08. The van der Waals surface area contributed by atoms with Crippen LogP contribution in [0.25, 0.3) is 0 Å². The molecule has 6 nitrogen and oxygen atoms in total. The first-order valence-electron chi connectivity index (χ1n) is 7.09. The third-order valence-electron chi connectivity index (χ3n) is 3.35. The molecule has 0 aliphatic heterocycles. The number of hydrogen-bond donors (Lipinski definition) is 2. The number of pyridine rings is 1. The van der Waals surface area contributed by atoms with Crippen LogP contribution in [-0.4, -0.2) is 53.0 Å². The van der Waals surface area contributed by atoms with Gasteiger partial charge in [0.1, 0.15) is 5.69 Å². The molecule has 2 N–H and O–H groups in total. The molecule has 0 aliphatic rings. The number of unbranched alkanes of at least 4 members (excludes halogenated alkanes) is 1. The number of carboxylic acid groups (broad SMARTS) is 1. The molecule has 0 bridgehead atoms. The van der Waals surface area contributed by atoms with Crippen LogP contribution in [-0.2, 0) is 0 Å². The monoisotopic (exact) mass is 293 g/mol. The lowest BCUT2D eigenvalue weighted by atomic mass is 10.2. The highest BCUT2D eigenvalue weighted by Gasteiger charge is 2.08. The minimum Gasteiger partial charge on any atom is -0.477 e. The average molecular weight is 293 g/mol. The molecule has 0 aromatic carbocycles. The lowest BCUT2D eigenvalue weighted by molar-refractivity contribution is 0.0689. The molecule has 0 unspecified atom stereocenters. The number of carbonyl (C=O) groups excluding carboxylic acids is 1. The van der Waals surface area contributed by atoms with Crippen LogP contribution in [0.3, 0.4) is 0 Å². The van der Waals surface area contributed by atoms with Crippen LogP contribution in [0.2, 0.25) is 0 Å². The van der Waals surface area contributed by atoms with Gasteiger partial charge in [0.15, 0.2) is 0 Å². The normalized spacial score (nSPS) is 10.9. The summed E-state index contributed by atoms with van der Waals surface area (Å²) < 4.78 is 0. The molecule has 21 heavy (non-hydrogen) atoms.